The first-order chi connectivity index (χ1) is 26.0. The fourth-order valence-corrected chi connectivity index (χ4v) is 5.55. The maximum Gasteiger partial charge on any atom is 0.326 e. The second-order valence-electron chi connectivity index (χ2n) is 12.4. The highest BCUT2D eigenvalue weighted by atomic mass is 16.5. The standard InChI is InChI=1S/C35H44N4O16/c36-28(41)9-8-27(35(52)53)39(14-13-20-1-3-22(4-2-20)54-17-21-15-23(55-18-21)16-37-19-40)30(43)11-7-26(34(50)51)38-29(42)10-5-24(32(46)47)25(33(48)49)6-12-31(44)45/h1-4,15,18-19,24-27H,5-14,16-17H2,(H2,36,41)(H,37,40)(H,38,42)(H,44,45)(H,46,47)(H,48,49)(H,50,51)(H,52,53)/t24?,25?,26?,27-/m0/s1. The van der Waals surface area contributed by atoms with Gasteiger partial charge in [0.15, 0.2) is 0 Å². The van der Waals surface area contributed by atoms with Gasteiger partial charge >= 0.3 is 29.8 Å². The molecule has 20 heteroatoms. The molecule has 0 spiro atoms. The summed E-state index contributed by atoms with van der Waals surface area (Å²) in [6, 6.07) is 5.17. The van der Waals surface area contributed by atoms with Crippen LogP contribution in [-0.2, 0) is 62.7 Å². The predicted octanol–water partition coefficient (Wildman–Crippen LogP) is 0.591. The van der Waals surface area contributed by atoms with Gasteiger partial charge < -0.3 is 56.0 Å². The third-order valence-corrected chi connectivity index (χ3v) is 8.44. The first kappa shape index (κ1) is 44.7. The van der Waals surface area contributed by atoms with Crippen molar-refractivity contribution >= 4 is 54.0 Å². The van der Waals surface area contributed by atoms with Crippen LogP contribution in [0.4, 0.5) is 0 Å². The molecule has 0 aliphatic heterocycles. The van der Waals surface area contributed by atoms with Gasteiger partial charge in [-0.2, -0.15) is 0 Å². The highest BCUT2D eigenvalue weighted by Gasteiger charge is 2.35. The number of carbonyl (C=O) groups is 9. The summed E-state index contributed by atoms with van der Waals surface area (Å²) in [7, 11) is 0. The van der Waals surface area contributed by atoms with Crippen LogP contribution in [0.25, 0.3) is 0 Å². The third-order valence-electron chi connectivity index (χ3n) is 8.44. The fraction of sp³-hybridized carbons (Fsp3) is 0.457. The van der Waals surface area contributed by atoms with Crippen molar-refractivity contribution in [2.45, 2.75) is 83.0 Å². The lowest BCUT2D eigenvalue weighted by atomic mass is 9.85. The van der Waals surface area contributed by atoms with Gasteiger partial charge in [-0.05, 0) is 55.9 Å². The van der Waals surface area contributed by atoms with Crippen LogP contribution in [0.1, 0.15) is 68.3 Å². The highest BCUT2D eigenvalue weighted by molar-refractivity contribution is 5.87. The fourth-order valence-electron chi connectivity index (χ4n) is 5.55. The monoisotopic (exact) mass is 776 g/mol. The Morgan fingerprint density at radius 1 is 0.782 bits per heavy atom. The van der Waals surface area contributed by atoms with E-state index in [-0.39, 0.29) is 39.0 Å². The normalized spacial score (nSPS) is 12.9. The maximum atomic E-state index is 13.5. The number of amides is 4. The summed E-state index contributed by atoms with van der Waals surface area (Å²) in [5.41, 5.74) is 6.60. The predicted molar refractivity (Wildman–Crippen MR) is 185 cm³/mol. The molecular formula is C35H44N4O16. The second kappa shape index (κ2) is 22.6. The summed E-state index contributed by atoms with van der Waals surface area (Å²) in [5, 5.41) is 52.2. The van der Waals surface area contributed by atoms with Gasteiger partial charge in [-0.1, -0.05) is 12.1 Å². The summed E-state index contributed by atoms with van der Waals surface area (Å²) in [4.78, 5) is 108. The molecule has 0 saturated carbocycles. The Kier molecular flexibility index (Phi) is 18.3. The van der Waals surface area contributed by atoms with Crippen molar-refractivity contribution in [3.8, 4) is 5.75 Å². The molecule has 0 radical (unpaired) electrons. The molecule has 2 rings (SSSR count). The van der Waals surface area contributed by atoms with Crippen LogP contribution in [0.5, 0.6) is 5.75 Å². The first-order valence-electron chi connectivity index (χ1n) is 17.0. The Bertz CT molecular complexity index is 1670. The second-order valence-corrected chi connectivity index (χ2v) is 12.4. The zero-order valence-corrected chi connectivity index (χ0v) is 29.6. The largest absolute Gasteiger partial charge is 0.489 e. The van der Waals surface area contributed by atoms with Gasteiger partial charge in [0.25, 0.3) is 0 Å². The maximum absolute atomic E-state index is 13.5. The van der Waals surface area contributed by atoms with Gasteiger partial charge in [-0.25, -0.2) is 9.59 Å². The summed E-state index contributed by atoms with van der Waals surface area (Å²) in [6.45, 7) is 0.204. The average molecular weight is 777 g/mol. The minimum absolute atomic E-state index is 0.134. The molecule has 0 fully saturated rings. The van der Waals surface area contributed by atoms with Crippen LogP contribution in [0.2, 0.25) is 0 Å². The molecule has 0 saturated heterocycles. The van der Waals surface area contributed by atoms with Crippen LogP contribution in [0, 0.1) is 11.8 Å². The van der Waals surface area contributed by atoms with Gasteiger partial charge in [0.1, 0.15) is 30.2 Å². The molecule has 55 heavy (non-hydrogen) atoms. The molecule has 3 unspecified atom stereocenters. The number of nitrogens with zero attached hydrogens (tertiary/aromatic N) is 1. The van der Waals surface area contributed by atoms with Crippen LogP contribution < -0.4 is 21.1 Å². The number of primary amides is 1. The molecule has 0 aliphatic rings. The van der Waals surface area contributed by atoms with E-state index in [1.54, 1.807) is 30.3 Å². The molecule has 4 atom stereocenters. The van der Waals surface area contributed by atoms with Crippen LogP contribution >= 0.6 is 0 Å². The van der Waals surface area contributed by atoms with Crippen molar-refractivity contribution < 1.29 is 77.8 Å². The quantitative estimate of drug-likeness (QED) is 0.0548. The summed E-state index contributed by atoms with van der Waals surface area (Å²) in [6.07, 6.45) is -1.99. The van der Waals surface area contributed by atoms with E-state index in [1.165, 1.54) is 6.26 Å². The van der Waals surface area contributed by atoms with Crippen molar-refractivity contribution in [1.29, 1.82) is 0 Å². The Morgan fingerprint density at radius 3 is 1.96 bits per heavy atom. The smallest absolute Gasteiger partial charge is 0.326 e. The Labute approximate surface area is 313 Å². The molecule has 0 bridgehead atoms. The number of hydrogen-bond donors (Lipinski definition) is 8. The number of hydrogen-bond acceptors (Lipinski definition) is 11. The van der Waals surface area contributed by atoms with Crippen molar-refractivity contribution in [1.82, 2.24) is 15.5 Å². The van der Waals surface area contributed by atoms with E-state index >= 15 is 0 Å². The van der Waals surface area contributed by atoms with Gasteiger partial charge in [-0.15, -0.1) is 0 Å². The minimum Gasteiger partial charge on any atom is -0.489 e. The zero-order valence-electron chi connectivity index (χ0n) is 29.6. The minimum atomic E-state index is -1.69. The number of carbonyl (C=O) groups excluding carboxylic acids is 4. The average Bonchev–Trinajstić information content (AvgIpc) is 3.58. The number of aliphatic carboxylic acids is 5. The lowest BCUT2D eigenvalue weighted by Crippen LogP contribution is -2.47. The third kappa shape index (κ3) is 16.0. The van der Waals surface area contributed by atoms with Crippen LogP contribution in [-0.4, -0.2) is 103 Å². The van der Waals surface area contributed by atoms with Crippen LogP contribution in [0.15, 0.2) is 41.0 Å². The van der Waals surface area contributed by atoms with E-state index < -0.39 is 110 Å². The first-order valence-corrected chi connectivity index (χ1v) is 17.0. The van der Waals surface area contributed by atoms with Crippen molar-refractivity contribution in [3.63, 3.8) is 0 Å². The van der Waals surface area contributed by atoms with E-state index in [9.17, 15) is 63.6 Å². The molecule has 9 N–H and O–H groups in total. The number of nitrogens with one attached hydrogen (secondary N) is 2. The lowest BCUT2D eigenvalue weighted by Gasteiger charge is -2.29. The number of nitrogens with two attached hydrogens (primary N) is 1. The molecule has 0 aliphatic carbocycles. The van der Waals surface area contributed by atoms with Gasteiger partial charge in [0, 0.05) is 37.8 Å². The van der Waals surface area contributed by atoms with Crippen molar-refractivity contribution in [2.75, 3.05) is 6.54 Å². The number of benzene rings is 1. The van der Waals surface area contributed by atoms with E-state index in [0.29, 0.717) is 29.0 Å². The molecule has 1 heterocycles. The Balaban J connectivity index is 2.10. The van der Waals surface area contributed by atoms with Crippen molar-refractivity contribution in [2.24, 2.45) is 17.6 Å². The Hall–Kier alpha value is -6.47. The van der Waals surface area contributed by atoms with Gasteiger partial charge in [0.2, 0.25) is 24.1 Å². The number of ether oxygens (including phenoxy) is 1. The molecule has 1 aromatic heterocycles. The highest BCUT2D eigenvalue weighted by Crippen LogP contribution is 2.24. The number of rotatable bonds is 28. The number of furan rings is 1. The number of carboxylic acid groups (broad SMARTS) is 5. The van der Waals surface area contributed by atoms with E-state index in [0.717, 1.165) is 4.90 Å². The van der Waals surface area contributed by atoms with Gasteiger partial charge in [0.05, 0.1) is 24.6 Å². The molecule has 2 aromatic rings. The topological polar surface area (TPSA) is 330 Å². The van der Waals surface area contributed by atoms with E-state index in [2.05, 4.69) is 10.6 Å². The Morgan fingerprint density at radius 2 is 1.42 bits per heavy atom. The molecule has 1 aromatic carbocycles. The summed E-state index contributed by atoms with van der Waals surface area (Å²) in [5.74, 6) is -12.4. The summed E-state index contributed by atoms with van der Waals surface area (Å²) >= 11 is 0. The van der Waals surface area contributed by atoms with Crippen LogP contribution in [0.3, 0.4) is 0 Å². The van der Waals surface area contributed by atoms with E-state index in [1.807, 2.05) is 0 Å². The van der Waals surface area contributed by atoms with E-state index in [4.69, 9.17) is 20.0 Å². The zero-order chi connectivity index (χ0) is 41.1. The number of carboxylic acids is 5. The SMILES string of the molecule is NC(=O)CC[C@@H](C(=O)O)N(CCc1ccc(OCc2coc(CNC=O)c2)cc1)C(=O)CCC(NC(=O)CCC(C(=O)O)C(CCC(=O)O)C(=O)O)C(=O)O. The molecular weight excluding hydrogens is 732 g/mol. The molecule has 20 nitrogen and oxygen atoms in total. The summed E-state index contributed by atoms with van der Waals surface area (Å²) < 4.78 is 11.1. The van der Waals surface area contributed by atoms with Gasteiger partial charge in [-0.3, -0.25) is 33.6 Å². The molecule has 300 valence electrons. The van der Waals surface area contributed by atoms with Crippen molar-refractivity contribution in [3.05, 3.63) is 53.5 Å². The molecule has 4 amide bonds. The lowest BCUT2D eigenvalue weighted by molar-refractivity contribution is -0.155.